The van der Waals surface area contributed by atoms with Gasteiger partial charge < -0.3 is 10.2 Å². The van der Waals surface area contributed by atoms with Gasteiger partial charge in [-0.05, 0) is 31.7 Å². The van der Waals surface area contributed by atoms with Crippen LogP contribution >= 0.6 is 0 Å². The molecule has 1 N–H and O–H groups in total. The van der Waals surface area contributed by atoms with Crippen LogP contribution in [0.2, 0.25) is 0 Å². The zero-order valence-electron chi connectivity index (χ0n) is 14.2. The van der Waals surface area contributed by atoms with Crippen LogP contribution < -0.4 is 5.32 Å². The second-order valence-corrected chi connectivity index (χ2v) is 6.75. The molecule has 3 rings (SSSR count). The first-order chi connectivity index (χ1) is 12.3. The Kier molecular flexibility index (Phi) is 5.06. The first kappa shape index (κ1) is 18.5. The Morgan fingerprint density at radius 3 is 2.38 bits per heavy atom. The molecule has 142 valence electrons. The highest BCUT2D eigenvalue weighted by atomic mass is 19.4. The number of allylic oxidation sites excluding steroid dienone is 2. The van der Waals surface area contributed by atoms with Crippen LogP contribution in [0.15, 0.2) is 30.6 Å². The second-order valence-electron chi connectivity index (χ2n) is 6.75. The van der Waals surface area contributed by atoms with Gasteiger partial charge in [-0.1, -0.05) is 12.2 Å². The number of carbonyl (C=O) groups is 2. The fourth-order valence-electron chi connectivity index (χ4n) is 3.60. The standard InChI is InChI=1S/C17H21F3N4O2/c18-17(19,20)12-21-15(26)16(24-9-3-8-22-24)6-10-23(11-7-16)14(25)13-4-1-2-5-13/h1-3,8-9,13H,4-7,10-12H2,(H,21,26). The average Bonchev–Trinajstić information content (AvgIpc) is 3.31. The summed E-state index contributed by atoms with van der Waals surface area (Å²) >= 11 is 0. The third kappa shape index (κ3) is 3.76. The molecule has 0 unspecified atom stereocenters. The van der Waals surface area contributed by atoms with E-state index in [1.807, 2.05) is 17.5 Å². The highest BCUT2D eigenvalue weighted by Crippen LogP contribution is 2.32. The van der Waals surface area contributed by atoms with Gasteiger partial charge in [-0.25, -0.2) is 0 Å². The van der Waals surface area contributed by atoms with E-state index in [-0.39, 0.29) is 24.7 Å². The van der Waals surface area contributed by atoms with Crippen molar-refractivity contribution < 1.29 is 22.8 Å². The van der Waals surface area contributed by atoms with Gasteiger partial charge in [-0.2, -0.15) is 18.3 Å². The summed E-state index contributed by atoms with van der Waals surface area (Å²) in [6.45, 7) is -0.755. The molecular weight excluding hydrogens is 349 g/mol. The monoisotopic (exact) mass is 370 g/mol. The van der Waals surface area contributed by atoms with Crippen LogP contribution in [0.1, 0.15) is 25.7 Å². The van der Waals surface area contributed by atoms with Crippen LogP contribution in [0, 0.1) is 5.92 Å². The molecule has 6 nitrogen and oxygen atoms in total. The van der Waals surface area contributed by atoms with Gasteiger partial charge in [0.1, 0.15) is 12.1 Å². The van der Waals surface area contributed by atoms with Gasteiger partial charge in [0, 0.05) is 31.4 Å². The molecule has 1 fully saturated rings. The molecule has 26 heavy (non-hydrogen) atoms. The summed E-state index contributed by atoms with van der Waals surface area (Å²) in [5.74, 6) is -0.737. The Bertz CT molecular complexity index is 669. The van der Waals surface area contributed by atoms with Crippen molar-refractivity contribution in [3.63, 3.8) is 0 Å². The van der Waals surface area contributed by atoms with E-state index in [2.05, 4.69) is 5.10 Å². The topological polar surface area (TPSA) is 67.2 Å². The van der Waals surface area contributed by atoms with Gasteiger partial charge >= 0.3 is 6.18 Å². The van der Waals surface area contributed by atoms with E-state index in [9.17, 15) is 22.8 Å². The van der Waals surface area contributed by atoms with Crippen LogP contribution in [0.3, 0.4) is 0 Å². The van der Waals surface area contributed by atoms with Crippen LogP contribution in [-0.4, -0.2) is 52.3 Å². The summed E-state index contributed by atoms with van der Waals surface area (Å²) in [6, 6.07) is 1.63. The molecule has 0 aromatic carbocycles. The van der Waals surface area contributed by atoms with Crippen molar-refractivity contribution in [2.24, 2.45) is 5.92 Å². The predicted octanol–water partition coefficient (Wildman–Crippen LogP) is 1.85. The molecule has 1 aromatic heterocycles. The number of alkyl halides is 3. The van der Waals surface area contributed by atoms with Crippen LogP contribution in [0.25, 0.3) is 0 Å². The fourth-order valence-corrected chi connectivity index (χ4v) is 3.60. The molecule has 9 heteroatoms. The number of piperidine rings is 1. The van der Waals surface area contributed by atoms with Gasteiger partial charge in [-0.3, -0.25) is 14.3 Å². The van der Waals surface area contributed by atoms with Crippen LogP contribution in [0.5, 0.6) is 0 Å². The van der Waals surface area contributed by atoms with Gasteiger partial charge in [0.2, 0.25) is 11.8 Å². The fraction of sp³-hybridized carbons (Fsp3) is 0.588. The second kappa shape index (κ2) is 7.13. The van der Waals surface area contributed by atoms with Crippen LogP contribution in [0.4, 0.5) is 13.2 Å². The highest BCUT2D eigenvalue weighted by molar-refractivity contribution is 5.85. The predicted molar refractivity (Wildman–Crippen MR) is 86.9 cm³/mol. The maximum atomic E-state index is 12.6. The van der Waals surface area contributed by atoms with Crippen molar-refractivity contribution in [1.82, 2.24) is 20.0 Å². The molecule has 0 spiro atoms. The summed E-state index contributed by atoms with van der Waals surface area (Å²) in [7, 11) is 0. The van der Waals surface area contributed by atoms with Gasteiger partial charge in [-0.15, -0.1) is 0 Å². The molecule has 0 atom stereocenters. The number of rotatable bonds is 4. The number of hydrogen-bond donors (Lipinski definition) is 1. The number of halogens is 3. The molecule has 1 saturated heterocycles. The summed E-state index contributed by atoms with van der Waals surface area (Å²) in [5, 5.41) is 6.07. The summed E-state index contributed by atoms with van der Waals surface area (Å²) < 4.78 is 38.9. The average molecular weight is 370 g/mol. The third-order valence-corrected chi connectivity index (χ3v) is 5.07. The summed E-state index contributed by atoms with van der Waals surface area (Å²) in [4.78, 5) is 26.9. The minimum absolute atomic E-state index is 0.0414. The van der Waals surface area contributed by atoms with E-state index in [4.69, 9.17) is 0 Å². The number of carbonyl (C=O) groups excluding carboxylic acids is 2. The molecule has 0 radical (unpaired) electrons. The molecule has 0 saturated carbocycles. The molecule has 1 aliphatic carbocycles. The Hall–Kier alpha value is -2.32. The van der Waals surface area contributed by atoms with Crippen LogP contribution in [-0.2, 0) is 15.1 Å². The summed E-state index contributed by atoms with van der Waals surface area (Å²) in [6.07, 6.45) is 4.42. The Morgan fingerprint density at radius 2 is 1.85 bits per heavy atom. The lowest BCUT2D eigenvalue weighted by atomic mass is 9.85. The molecule has 1 aromatic rings. The Labute approximate surface area is 149 Å². The number of likely N-dealkylation sites (tertiary alicyclic amines) is 1. The van der Waals surface area contributed by atoms with Crippen molar-refractivity contribution in [2.75, 3.05) is 19.6 Å². The molecule has 1 aliphatic heterocycles. The van der Waals surface area contributed by atoms with E-state index in [1.54, 1.807) is 17.2 Å². The van der Waals surface area contributed by atoms with Crippen molar-refractivity contribution in [3.05, 3.63) is 30.6 Å². The van der Waals surface area contributed by atoms with Gasteiger partial charge in [0.15, 0.2) is 0 Å². The third-order valence-electron chi connectivity index (χ3n) is 5.07. The largest absolute Gasteiger partial charge is 0.405 e. The Balaban J connectivity index is 1.71. The smallest absolute Gasteiger partial charge is 0.345 e. The highest BCUT2D eigenvalue weighted by Gasteiger charge is 2.46. The van der Waals surface area contributed by atoms with E-state index in [0.29, 0.717) is 25.9 Å². The molecule has 2 heterocycles. The lowest BCUT2D eigenvalue weighted by molar-refractivity contribution is -0.148. The van der Waals surface area contributed by atoms with E-state index < -0.39 is 24.2 Å². The van der Waals surface area contributed by atoms with Crippen molar-refractivity contribution in [1.29, 1.82) is 0 Å². The zero-order valence-corrected chi connectivity index (χ0v) is 14.2. The van der Waals surface area contributed by atoms with Gasteiger partial charge in [0.25, 0.3) is 0 Å². The van der Waals surface area contributed by atoms with E-state index in [0.717, 1.165) is 0 Å². The van der Waals surface area contributed by atoms with Gasteiger partial charge in [0.05, 0.1) is 0 Å². The molecule has 2 aliphatic rings. The number of aromatic nitrogens is 2. The van der Waals surface area contributed by atoms with Crippen molar-refractivity contribution >= 4 is 11.8 Å². The minimum Gasteiger partial charge on any atom is -0.345 e. The zero-order chi connectivity index (χ0) is 18.8. The minimum atomic E-state index is -4.48. The van der Waals surface area contributed by atoms with E-state index in [1.165, 1.54) is 10.9 Å². The van der Waals surface area contributed by atoms with E-state index >= 15 is 0 Å². The molecule has 2 amide bonds. The number of amides is 2. The normalized spacial score (nSPS) is 20.3. The number of hydrogen-bond acceptors (Lipinski definition) is 3. The lowest BCUT2D eigenvalue weighted by Gasteiger charge is -2.41. The Morgan fingerprint density at radius 1 is 1.19 bits per heavy atom. The van der Waals surface area contributed by atoms with Crippen molar-refractivity contribution in [3.8, 4) is 0 Å². The summed E-state index contributed by atoms with van der Waals surface area (Å²) in [5.41, 5.74) is -1.21. The van der Waals surface area contributed by atoms with Crippen molar-refractivity contribution in [2.45, 2.75) is 37.4 Å². The molecular formula is C17H21F3N4O2. The first-order valence-electron chi connectivity index (χ1n) is 8.61. The maximum absolute atomic E-state index is 12.6. The number of nitrogens with zero attached hydrogens (tertiary/aromatic N) is 3. The lowest BCUT2D eigenvalue weighted by Crippen LogP contribution is -2.57. The SMILES string of the molecule is O=C(C1CC=CC1)N1CCC(C(=O)NCC(F)(F)F)(n2cccn2)CC1. The first-order valence-corrected chi connectivity index (χ1v) is 8.61. The number of nitrogens with one attached hydrogen (secondary N) is 1. The maximum Gasteiger partial charge on any atom is 0.405 e. The molecule has 0 bridgehead atoms. The quantitative estimate of drug-likeness (QED) is 0.823.